The molecule has 0 fully saturated rings. The molecule has 0 saturated heterocycles. The summed E-state index contributed by atoms with van der Waals surface area (Å²) in [5.74, 6) is -1.92. The number of nitrogens with two attached hydrogens (primary N) is 1. The number of hydrogen-bond acceptors (Lipinski definition) is 6. The Kier molecular flexibility index (Phi) is 7.22. The first-order chi connectivity index (χ1) is 16.0. The predicted octanol–water partition coefficient (Wildman–Crippen LogP) is 2.70. The molecule has 182 valence electrons. The highest BCUT2D eigenvalue weighted by molar-refractivity contribution is 5.98. The minimum Gasteiger partial charge on any atom is -0.375 e. The Morgan fingerprint density at radius 2 is 1.94 bits per heavy atom. The Morgan fingerprint density at radius 3 is 2.56 bits per heavy atom. The van der Waals surface area contributed by atoms with E-state index in [4.69, 9.17) is 10.5 Å². The van der Waals surface area contributed by atoms with Gasteiger partial charge in [-0.3, -0.25) is 19.9 Å². The lowest BCUT2D eigenvalue weighted by molar-refractivity contribution is -0.139. The highest BCUT2D eigenvalue weighted by atomic mass is 19.4. The Balaban J connectivity index is 2.07. The van der Waals surface area contributed by atoms with Crippen molar-refractivity contribution < 1.29 is 27.5 Å². The molecule has 0 aliphatic heterocycles. The van der Waals surface area contributed by atoms with E-state index in [-0.39, 0.29) is 18.1 Å². The number of rotatable bonds is 9. The number of alkyl halides is 3. The molecule has 2 amide bonds. The SMILES string of the molecule is COCC(=O)Nc1cnc2[nH]cc(-c3cncc([C@@](NCC(F)(F)F)(C(N)=O)C(C)C)c3)c2c1. The molecule has 1 atom stereocenters. The number of aromatic nitrogens is 3. The maximum absolute atomic E-state index is 13.0. The van der Waals surface area contributed by atoms with Crippen LogP contribution in [0.15, 0.2) is 36.9 Å². The van der Waals surface area contributed by atoms with Gasteiger partial charge < -0.3 is 20.8 Å². The number of nitrogens with zero attached hydrogens (tertiary/aromatic N) is 2. The van der Waals surface area contributed by atoms with Gasteiger partial charge in [-0.2, -0.15) is 13.2 Å². The Hall–Kier alpha value is -3.51. The number of amides is 2. The van der Waals surface area contributed by atoms with Gasteiger partial charge in [-0.05, 0) is 18.1 Å². The monoisotopic (exact) mass is 478 g/mol. The second kappa shape index (κ2) is 9.77. The van der Waals surface area contributed by atoms with E-state index < -0.39 is 30.1 Å². The largest absolute Gasteiger partial charge is 0.401 e. The molecule has 0 aromatic carbocycles. The van der Waals surface area contributed by atoms with Crippen LogP contribution in [0, 0.1) is 5.92 Å². The fourth-order valence-electron chi connectivity index (χ4n) is 3.83. The van der Waals surface area contributed by atoms with Gasteiger partial charge in [0.1, 0.15) is 17.8 Å². The van der Waals surface area contributed by atoms with Crippen LogP contribution in [0.4, 0.5) is 18.9 Å². The van der Waals surface area contributed by atoms with Gasteiger partial charge in [-0.25, -0.2) is 4.98 Å². The van der Waals surface area contributed by atoms with Crippen LogP contribution in [0.1, 0.15) is 19.4 Å². The molecule has 0 aliphatic carbocycles. The van der Waals surface area contributed by atoms with Crippen molar-refractivity contribution in [2.75, 3.05) is 25.6 Å². The molecule has 0 saturated carbocycles. The molecule has 0 radical (unpaired) electrons. The van der Waals surface area contributed by atoms with E-state index in [1.807, 2.05) is 0 Å². The Bertz CT molecular complexity index is 1190. The lowest BCUT2D eigenvalue weighted by Crippen LogP contribution is -2.58. The van der Waals surface area contributed by atoms with Gasteiger partial charge in [0.2, 0.25) is 11.8 Å². The van der Waals surface area contributed by atoms with Crippen molar-refractivity contribution in [1.29, 1.82) is 0 Å². The first kappa shape index (κ1) is 25.1. The summed E-state index contributed by atoms with van der Waals surface area (Å²) < 4.78 is 43.8. The van der Waals surface area contributed by atoms with E-state index in [9.17, 15) is 22.8 Å². The second-order valence-corrected chi connectivity index (χ2v) is 8.06. The zero-order valence-corrected chi connectivity index (χ0v) is 18.8. The quantitative estimate of drug-likeness (QED) is 0.374. The molecule has 0 aliphatic rings. The molecule has 3 aromatic rings. The molecule has 0 unspecified atom stereocenters. The first-order valence-corrected chi connectivity index (χ1v) is 10.3. The fraction of sp³-hybridized carbons (Fsp3) is 0.364. The topological polar surface area (TPSA) is 135 Å². The molecule has 34 heavy (non-hydrogen) atoms. The van der Waals surface area contributed by atoms with E-state index in [2.05, 4.69) is 25.6 Å². The summed E-state index contributed by atoms with van der Waals surface area (Å²) in [7, 11) is 1.40. The lowest BCUT2D eigenvalue weighted by Gasteiger charge is -2.36. The summed E-state index contributed by atoms with van der Waals surface area (Å²) in [5, 5.41) is 5.62. The summed E-state index contributed by atoms with van der Waals surface area (Å²) in [5.41, 5.74) is 6.11. The maximum Gasteiger partial charge on any atom is 0.401 e. The molecule has 3 rings (SSSR count). The van der Waals surface area contributed by atoms with Crippen molar-refractivity contribution in [3.05, 3.63) is 42.5 Å². The standard InChI is InChI=1S/C22H25F3N6O3/c1-12(2)22(20(26)33,30-11-21(23,24)25)14-4-13(6-27-7-14)17-9-29-19-16(17)5-15(8-28-19)31-18(32)10-34-3/h4-9,12,30H,10-11H2,1-3H3,(H2,26,33)(H,28,29)(H,31,32)/t22-/m1/s1. The predicted molar refractivity (Wildman–Crippen MR) is 120 cm³/mol. The average Bonchev–Trinajstić information content (AvgIpc) is 3.16. The van der Waals surface area contributed by atoms with Crippen molar-refractivity contribution in [3.63, 3.8) is 0 Å². The zero-order valence-electron chi connectivity index (χ0n) is 18.8. The summed E-state index contributed by atoms with van der Waals surface area (Å²) in [6.45, 7) is 1.68. The van der Waals surface area contributed by atoms with Gasteiger partial charge in [-0.1, -0.05) is 13.8 Å². The molecule has 3 heterocycles. The number of carbonyl (C=O) groups is 2. The lowest BCUT2D eigenvalue weighted by atomic mass is 9.79. The van der Waals surface area contributed by atoms with Crippen LogP contribution >= 0.6 is 0 Å². The van der Waals surface area contributed by atoms with Crippen LogP contribution in [0.25, 0.3) is 22.2 Å². The molecular formula is C22H25F3N6O3. The molecule has 12 heteroatoms. The average molecular weight is 478 g/mol. The molecule has 3 aromatic heterocycles. The number of methoxy groups -OCH3 is 1. The van der Waals surface area contributed by atoms with Crippen LogP contribution in [-0.2, 0) is 19.9 Å². The van der Waals surface area contributed by atoms with Crippen LogP contribution in [0.3, 0.4) is 0 Å². The van der Waals surface area contributed by atoms with Crippen molar-refractivity contribution >= 4 is 28.5 Å². The number of anilines is 1. The van der Waals surface area contributed by atoms with Crippen molar-refractivity contribution in [1.82, 2.24) is 20.3 Å². The van der Waals surface area contributed by atoms with Gasteiger partial charge >= 0.3 is 6.18 Å². The number of primary amides is 1. The summed E-state index contributed by atoms with van der Waals surface area (Å²) >= 11 is 0. The van der Waals surface area contributed by atoms with Crippen LogP contribution in [0.2, 0.25) is 0 Å². The first-order valence-electron chi connectivity index (χ1n) is 10.3. The van der Waals surface area contributed by atoms with Gasteiger partial charge in [0.05, 0.1) is 18.4 Å². The van der Waals surface area contributed by atoms with Crippen molar-refractivity contribution in [2.45, 2.75) is 25.6 Å². The van der Waals surface area contributed by atoms with Gasteiger partial charge in [0.15, 0.2) is 0 Å². The number of hydrogen-bond donors (Lipinski definition) is 4. The molecule has 0 bridgehead atoms. The van der Waals surface area contributed by atoms with Crippen molar-refractivity contribution in [3.8, 4) is 11.1 Å². The van der Waals surface area contributed by atoms with Crippen LogP contribution in [0.5, 0.6) is 0 Å². The third-order valence-corrected chi connectivity index (χ3v) is 5.42. The number of ether oxygens (including phenoxy) is 1. The van der Waals surface area contributed by atoms with Crippen LogP contribution in [-0.4, -0.2) is 53.2 Å². The molecular weight excluding hydrogens is 453 g/mol. The minimum atomic E-state index is -4.55. The van der Waals surface area contributed by atoms with Gasteiger partial charge in [0, 0.05) is 47.8 Å². The number of aromatic amines is 1. The highest BCUT2D eigenvalue weighted by Gasteiger charge is 2.44. The number of fused-ring (bicyclic) bond motifs is 1. The van der Waals surface area contributed by atoms with E-state index in [0.717, 1.165) is 0 Å². The number of pyridine rings is 2. The third kappa shape index (κ3) is 5.18. The van der Waals surface area contributed by atoms with Gasteiger partial charge in [0.25, 0.3) is 0 Å². The number of H-pyrrole nitrogens is 1. The van der Waals surface area contributed by atoms with E-state index in [0.29, 0.717) is 27.8 Å². The second-order valence-electron chi connectivity index (χ2n) is 8.06. The van der Waals surface area contributed by atoms with E-state index in [1.165, 1.54) is 25.7 Å². The molecule has 5 N–H and O–H groups in total. The highest BCUT2D eigenvalue weighted by Crippen LogP contribution is 2.35. The number of nitrogens with one attached hydrogen (secondary N) is 3. The Morgan fingerprint density at radius 1 is 1.21 bits per heavy atom. The third-order valence-electron chi connectivity index (χ3n) is 5.42. The van der Waals surface area contributed by atoms with E-state index >= 15 is 0 Å². The Labute approximate surface area is 193 Å². The molecule has 0 spiro atoms. The maximum atomic E-state index is 13.0. The molecule has 9 nitrogen and oxygen atoms in total. The van der Waals surface area contributed by atoms with Gasteiger partial charge in [-0.15, -0.1) is 0 Å². The van der Waals surface area contributed by atoms with Crippen molar-refractivity contribution in [2.24, 2.45) is 11.7 Å². The normalized spacial score (nSPS) is 13.7. The summed E-state index contributed by atoms with van der Waals surface area (Å²) in [6.07, 6.45) is 1.42. The smallest absolute Gasteiger partial charge is 0.375 e. The number of halogens is 3. The summed E-state index contributed by atoms with van der Waals surface area (Å²) in [6, 6.07) is 3.26. The van der Waals surface area contributed by atoms with Crippen LogP contribution < -0.4 is 16.4 Å². The fourth-order valence-corrected chi connectivity index (χ4v) is 3.83. The van der Waals surface area contributed by atoms with E-state index in [1.54, 1.807) is 32.2 Å². The zero-order chi connectivity index (χ0) is 25.1. The summed E-state index contributed by atoms with van der Waals surface area (Å²) in [4.78, 5) is 35.8. The number of carbonyl (C=O) groups excluding carboxylic acids is 2. The minimum absolute atomic E-state index is 0.126.